The van der Waals surface area contributed by atoms with E-state index in [1.807, 2.05) is 0 Å². The minimum absolute atomic E-state index is 0. The van der Waals surface area contributed by atoms with Crippen LogP contribution < -0.4 is 18.9 Å². The van der Waals surface area contributed by atoms with E-state index in [0.29, 0.717) is 0 Å². The molecule has 1 aromatic heterocycles. The van der Waals surface area contributed by atoms with Crippen LogP contribution in [-0.2, 0) is 12.8 Å². The zero-order valence-corrected chi connectivity index (χ0v) is 7.13. The van der Waals surface area contributed by atoms with Gasteiger partial charge in [-0.15, -0.1) is 10.3 Å². The third kappa shape index (κ3) is 1.48. The first kappa shape index (κ1) is 8.39. The Morgan fingerprint density at radius 1 is 1.30 bits per heavy atom. The SMILES string of the molecule is [Li+].[c-]1cc2c(s1)CCCC2. The molecule has 0 saturated heterocycles. The maximum absolute atomic E-state index is 3.18. The Morgan fingerprint density at radius 3 is 2.90 bits per heavy atom. The minimum atomic E-state index is 0. The van der Waals surface area contributed by atoms with Gasteiger partial charge in [0.15, 0.2) is 0 Å². The van der Waals surface area contributed by atoms with E-state index in [4.69, 9.17) is 0 Å². The maximum Gasteiger partial charge on any atom is 1.00 e. The molecule has 0 fully saturated rings. The molecule has 0 spiro atoms. The first-order valence-corrected chi connectivity index (χ1v) is 4.26. The molecule has 0 N–H and O–H groups in total. The molecule has 0 unspecified atom stereocenters. The van der Waals surface area contributed by atoms with Gasteiger partial charge in [0.2, 0.25) is 0 Å². The Kier molecular flexibility index (Phi) is 3.04. The summed E-state index contributed by atoms with van der Waals surface area (Å²) in [4.78, 5) is 1.58. The minimum Gasteiger partial charge on any atom is -0.300 e. The standard InChI is InChI=1S/C8H9S.Li/c1-2-4-8-7(3-1)5-6-9-8;/h5H,1-4H2;/q-1;+1. The molecular formula is C8H9LiS. The molecule has 0 atom stereocenters. The molecule has 0 aliphatic heterocycles. The zero-order valence-electron chi connectivity index (χ0n) is 6.31. The molecule has 0 aromatic carbocycles. The van der Waals surface area contributed by atoms with Crippen molar-refractivity contribution in [2.75, 3.05) is 0 Å². The van der Waals surface area contributed by atoms with Gasteiger partial charge in [-0.2, -0.15) is 11.6 Å². The number of thiophene rings is 1. The Balaban J connectivity index is 0.000000500. The molecule has 2 rings (SSSR count). The molecular weight excluding hydrogens is 135 g/mol. The van der Waals surface area contributed by atoms with Crippen LogP contribution in [-0.4, -0.2) is 0 Å². The van der Waals surface area contributed by atoms with E-state index in [2.05, 4.69) is 11.4 Å². The quantitative estimate of drug-likeness (QED) is 0.338. The van der Waals surface area contributed by atoms with Crippen LogP contribution in [0.4, 0.5) is 0 Å². The van der Waals surface area contributed by atoms with Crippen molar-refractivity contribution < 1.29 is 18.9 Å². The van der Waals surface area contributed by atoms with Gasteiger partial charge in [-0.25, -0.2) is 0 Å². The number of hydrogen-bond acceptors (Lipinski definition) is 1. The summed E-state index contributed by atoms with van der Waals surface area (Å²) in [5.74, 6) is 0. The summed E-state index contributed by atoms with van der Waals surface area (Å²) < 4.78 is 0. The van der Waals surface area contributed by atoms with Crippen molar-refractivity contribution in [2.24, 2.45) is 0 Å². The van der Waals surface area contributed by atoms with Crippen LogP contribution >= 0.6 is 11.3 Å². The summed E-state index contributed by atoms with van der Waals surface area (Å²) in [7, 11) is 0. The summed E-state index contributed by atoms with van der Waals surface area (Å²) in [5, 5.41) is 3.18. The third-order valence-corrected chi connectivity index (χ3v) is 2.82. The Labute approximate surface area is 77.8 Å². The number of rotatable bonds is 0. The second-order valence-electron chi connectivity index (χ2n) is 2.52. The van der Waals surface area contributed by atoms with Crippen LogP contribution in [0, 0.1) is 5.38 Å². The van der Waals surface area contributed by atoms with Crippen LogP contribution in [0.25, 0.3) is 0 Å². The first-order valence-electron chi connectivity index (χ1n) is 3.44. The third-order valence-electron chi connectivity index (χ3n) is 1.87. The Bertz CT molecular complexity index is 184. The van der Waals surface area contributed by atoms with E-state index >= 15 is 0 Å². The molecule has 2 heteroatoms. The summed E-state index contributed by atoms with van der Waals surface area (Å²) in [6.45, 7) is 0. The predicted octanol–water partition coefficient (Wildman–Crippen LogP) is -0.569. The van der Waals surface area contributed by atoms with Crippen molar-refractivity contribution in [1.82, 2.24) is 0 Å². The smallest absolute Gasteiger partial charge is 0.300 e. The van der Waals surface area contributed by atoms with Crippen molar-refractivity contribution >= 4 is 11.3 Å². The van der Waals surface area contributed by atoms with E-state index in [1.165, 1.54) is 25.7 Å². The van der Waals surface area contributed by atoms with Crippen molar-refractivity contribution in [2.45, 2.75) is 25.7 Å². The fourth-order valence-electron chi connectivity index (χ4n) is 1.34. The van der Waals surface area contributed by atoms with Gasteiger partial charge in [0.05, 0.1) is 0 Å². The van der Waals surface area contributed by atoms with Gasteiger partial charge in [-0.05, 0) is 0 Å². The number of aryl methyl sites for hydroxylation is 2. The molecule has 0 bridgehead atoms. The second-order valence-corrected chi connectivity index (χ2v) is 3.45. The average molecular weight is 144 g/mol. The van der Waals surface area contributed by atoms with Crippen molar-refractivity contribution in [3.05, 3.63) is 21.9 Å². The maximum atomic E-state index is 3.18. The first-order chi connectivity index (χ1) is 4.47. The van der Waals surface area contributed by atoms with Crippen molar-refractivity contribution in [3.8, 4) is 0 Å². The van der Waals surface area contributed by atoms with Gasteiger partial charge in [0.1, 0.15) is 0 Å². The van der Waals surface area contributed by atoms with Crippen molar-refractivity contribution in [3.63, 3.8) is 0 Å². The summed E-state index contributed by atoms with van der Waals surface area (Å²) in [6.07, 6.45) is 5.39. The van der Waals surface area contributed by atoms with Crippen LogP contribution in [0.1, 0.15) is 23.3 Å². The normalized spacial score (nSPS) is 15.6. The summed E-state index contributed by atoms with van der Waals surface area (Å²) >= 11 is 1.80. The molecule has 0 nitrogen and oxygen atoms in total. The molecule has 1 aliphatic rings. The molecule has 10 heavy (non-hydrogen) atoms. The molecule has 0 amide bonds. The topological polar surface area (TPSA) is 0 Å². The van der Waals surface area contributed by atoms with E-state index in [1.54, 1.807) is 21.8 Å². The monoisotopic (exact) mass is 144 g/mol. The molecule has 0 radical (unpaired) electrons. The van der Waals surface area contributed by atoms with Gasteiger partial charge in [-0.3, -0.25) is 0 Å². The van der Waals surface area contributed by atoms with E-state index in [9.17, 15) is 0 Å². The van der Waals surface area contributed by atoms with Gasteiger partial charge in [0, 0.05) is 0 Å². The molecule has 1 heterocycles. The molecule has 0 saturated carbocycles. The molecule has 48 valence electrons. The van der Waals surface area contributed by atoms with Gasteiger partial charge in [0.25, 0.3) is 0 Å². The predicted molar refractivity (Wildman–Crippen MR) is 39.8 cm³/mol. The second kappa shape index (κ2) is 3.62. The van der Waals surface area contributed by atoms with Gasteiger partial charge < -0.3 is 11.3 Å². The largest absolute Gasteiger partial charge is 1.00 e. The Morgan fingerprint density at radius 2 is 2.10 bits per heavy atom. The molecule has 1 aliphatic carbocycles. The van der Waals surface area contributed by atoms with Crippen LogP contribution in [0.3, 0.4) is 0 Å². The van der Waals surface area contributed by atoms with Crippen LogP contribution in [0.2, 0.25) is 0 Å². The van der Waals surface area contributed by atoms with Gasteiger partial charge in [-0.1, -0.05) is 25.7 Å². The van der Waals surface area contributed by atoms with E-state index in [0.717, 1.165) is 0 Å². The average Bonchev–Trinajstić information content (AvgIpc) is 2.33. The number of fused-ring (bicyclic) bond motifs is 1. The van der Waals surface area contributed by atoms with Gasteiger partial charge >= 0.3 is 18.9 Å². The van der Waals surface area contributed by atoms with E-state index in [-0.39, 0.29) is 18.9 Å². The zero-order chi connectivity index (χ0) is 6.10. The fraction of sp³-hybridized carbons (Fsp3) is 0.500. The Hall–Kier alpha value is 0.297. The van der Waals surface area contributed by atoms with Crippen LogP contribution in [0.5, 0.6) is 0 Å². The fourth-order valence-corrected chi connectivity index (χ4v) is 2.22. The van der Waals surface area contributed by atoms with E-state index < -0.39 is 0 Å². The van der Waals surface area contributed by atoms with Crippen LogP contribution in [0.15, 0.2) is 6.07 Å². The summed E-state index contributed by atoms with van der Waals surface area (Å²) in [6, 6.07) is 2.15. The number of hydrogen-bond donors (Lipinski definition) is 0. The van der Waals surface area contributed by atoms with Crippen molar-refractivity contribution in [1.29, 1.82) is 0 Å². The summed E-state index contributed by atoms with van der Waals surface area (Å²) in [5.41, 5.74) is 1.56. The molecule has 1 aromatic rings.